The lowest BCUT2D eigenvalue weighted by molar-refractivity contribution is 0.589. The molecule has 15 rings (SSSR count). The summed E-state index contributed by atoms with van der Waals surface area (Å²) < 4.78 is 13.8. The van der Waals surface area contributed by atoms with Gasteiger partial charge in [0.1, 0.15) is 11.3 Å². The summed E-state index contributed by atoms with van der Waals surface area (Å²) in [6, 6.07) is 79.5. The number of anilines is 6. The zero-order valence-corrected chi connectivity index (χ0v) is 49.3. The molecule has 2 aliphatic rings. The van der Waals surface area contributed by atoms with Crippen LogP contribution in [-0.2, 0) is 16.2 Å². The molecular weight excluding hydrogens is 1020 g/mol. The Balaban J connectivity index is 0.995. The standard InChI is InChI=1S/C80H66N2O2/c1-11-21-62-64-28-19-30-70(76(64)83-74(62)48(2)3)81(54-23-14-12-15-24-54)56-36-40-58-50(44-56)32-38-60-61-39-33-51-45-57(82(55-25-16-13-17-26-55)71-31-20-29-65-63-27-18-22-49(4)75(63)84-77(65)71)37-41-59(51)73(61)80(72(58)60)68-42-34-52(78(5,6)7)46-66(68)67-47-53(79(8,9)10)35-43-69(67)80/h11-47H,2H2,1,3-10H3/b21-11-. The highest BCUT2D eigenvalue weighted by atomic mass is 16.3. The van der Waals surface area contributed by atoms with Crippen LogP contribution in [0.5, 0.6) is 0 Å². The summed E-state index contributed by atoms with van der Waals surface area (Å²) in [5, 5.41) is 8.07. The Labute approximate surface area is 492 Å². The van der Waals surface area contributed by atoms with Crippen molar-refractivity contribution < 1.29 is 8.83 Å². The van der Waals surface area contributed by atoms with Crippen LogP contribution in [0.15, 0.2) is 234 Å². The maximum Gasteiger partial charge on any atom is 0.159 e. The van der Waals surface area contributed by atoms with E-state index in [-0.39, 0.29) is 10.8 Å². The summed E-state index contributed by atoms with van der Waals surface area (Å²) in [5.74, 6) is 0.802. The van der Waals surface area contributed by atoms with Crippen molar-refractivity contribution >= 4 is 100 Å². The van der Waals surface area contributed by atoms with Crippen LogP contribution in [0.25, 0.3) is 88.4 Å². The number of allylic oxidation sites excluding steroid dienone is 2. The second-order valence-electron chi connectivity index (χ2n) is 25.4. The lowest BCUT2D eigenvalue weighted by Gasteiger charge is -2.33. The van der Waals surface area contributed by atoms with E-state index >= 15 is 0 Å². The van der Waals surface area contributed by atoms with Gasteiger partial charge >= 0.3 is 0 Å². The van der Waals surface area contributed by atoms with Crippen LogP contribution in [0.3, 0.4) is 0 Å². The summed E-state index contributed by atoms with van der Waals surface area (Å²) in [5.41, 5.74) is 24.1. The van der Waals surface area contributed by atoms with Crippen molar-refractivity contribution in [2.45, 2.75) is 78.6 Å². The number of aryl methyl sites for hydroxylation is 1. The molecule has 0 saturated carbocycles. The molecule has 0 N–H and O–H groups in total. The smallest absolute Gasteiger partial charge is 0.159 e. The molecule has 2 heterocycles. The first-order valence-corrected chi connectivity index (χ1v) is 29.5. The molecule has 4 heteroatoms. The Morgan fingerprint density at radius 3 is 1.40 bits per heavy atom. The predicted molar refractivity (Wildman–Crippen MR) is 356 cm³/mol. The highest BCUT2D eigenvalue weighted by Gasteiger charge is 2.54. The van der Waals surface area contributed by atoms with E-state index in [0.717, 1.165) is 94.9 Å². The highest BCUT2D eigenvalue weighted by Crippen LogP contribution is 2.66. The highest BCUT2D eigenvalue weighted by molar-refractivity contribution is 6.13. The Hall–Kier alpha value is -9.64. The Kier molecular flexibility index (Phi) is 11.4. The number of furan rings is 2. The lowest BCUT2D eigenvalue weighted by Crippen LogP contribution is -2.27. The van der Waals surface area contributed by atoms with Crippen LogP contribution in [0.4, 0.5) is 34.1 Å². The molecule has 84 heavy (non-hydrogen) atoms. The summed E-state index contributed by atoms with van der Waals surface area (Å²) in [6.07, 6.45) is 4.21. The third-order valence-electron chi connectivity index (χ3n) is 18.1. The molecule has 0 amide bonds. The van der Waals surface area contributed by atoms with Gasteiger partial charge in [-0.05, 0) is 181 Å². The van der Waals surface area contributed by atoms with E-state index < -0.39 is 5.41 Å². The van der Waals surface area contributed by atoms with Crippen molar-refractivity contribution in [1.29, 1.82) is 0 Å². The maximum atomic E-state index is 6.90. The quantitative estimate of drug-likeness (QED) is 0.152. The van der Waals surface area contributed by atoms with Gasteiger partial charge in [-0.1, -0.05) is 212 Å². The van der Waals surface area contributed by atoms with Gasteiger partial charge in [-0.15, -0.1) is 0 Å². The van der Waals surface area contributed by atoms with Gasteiger partial charge in [-0.2, -0.15) is 0 Å². The monoisotopic (exact) mass is 1090 g/mol. The second kappa shape index (κ2) is 18.7. The second-order valence-corrected chi connectivity index (χ2v) is 25.4. The third kappa shape index (κ3) is 7.52. The van der Waals surface area contributed by atoms with E-state index in [2.05, 4.69) is 296 Å². The fourth-order valence-electron chi connectivity index (χ4n) is 14.2. The number of hydrogen-bond donors (Lipinski definition) is 0. The number of para-hydroxylation sites is 5. The fourth-order valence-corrected chi connectivity index (χ4v) is 14.2. The van der Waals surface area contributed by atoms with Crippen LogP contribution >= 0.6 is 0 Å². The Morgan fingerprint density at radius 2 is 0.917 bits per heavy atom. The molecule has 0 unspecified atom stereocenters. The van der Waals surface area contributed by atoms with Crippen molar-refractivity contribution in [3.05, 3.63) is 275 Å². The summed E-state index contributed by atoms with van der Waals surface area (Å²) in [4.78, 5) is 4.72. The third-order valence-corrected chi connectivity index (χ3v) is 18.1. The summed E-state index contributed by atoms with van der Waals surface area (Å²) >= 11 is 0. The maximum absolute atomic E-state index is 6.90. The minimum Gasteiger partial charge on any atom is -0.454 e. The van der Waals surface area contributed by atoms with Gasteiger partial charge in [-0.25, -0.2) is 0 Å². The van der Waals surface area contributed by atoms with Gasteiger partial charge in [0.15, 0.2) is 11.2 Å². The molecule has 13 aromatic rings. The van der Waals surface area contributed by atoms with Crippen molar-refractivity contribution in [1.82, 2.24) is 0 Å². The van der Waals surface area contributed by atoms with Gasteiger partial charge < -0.3 is 18.6 Å². The van der Waals surface area contributed by atoms with Gasteiger partial charge in [-0.3, -0.25) is 0 Å². The van der Waals surface area contributed by atoms with Gasteiger partial charge in [0.2, 0.25) is 0 Å². The van der Waals surface area contributed by atoms with E-state index in [4.69, 9.17) is 8.83 Å². The van der Waals surface area contributed by atoms with Crippen molar-refractivity contribution in [2.24, 2.45) is 0 Å². The van der Waals surface area contributed by atoms with E-state index in [1.165, 1.54) is 71.8 Å². The zero-order valence-electron chi connectivity index (χ0n) is 49.3. The van der Waals surface area contributed by atoms with Crippen molar-refractivity contribution in [2.75, 3.05) is 9.80 Å². The minimum atomic E-state index is -0.678. The predicted octanol–water partition coefficient (Wildman–Crippen LogP) is 22.9. The minimum absolute atomic E-state index is 0.0641. The van der Waals surface area contributed by atoms with Crippen LogP contribution in [0, 0.1) is 6.92 Å². The van der Waals surface area contributed by atoms with E-state index in [0.29, 0.717) is 0 Å². The molecular formula is C80H66N2O2. The average molecular weight is 1090 g/mol. The fraction of sp³-hybridized carbons (Fsp3) is 0.150. The van der Waals surface area contributed by atoms with Crippen LogP contribution < -0.4 is 9.80 Å². The number of benzene rings is 11. The van der Waals surface area contributed by atoms with Gasteiger partial charge in [0.25, 0.3) is 0 Å². The van der Waals surface area contributed by atoms with Crippen molar-refractivity contribution in [3.8, 4) is 22.3 Å². The average Bonchev–Trinajstić information content (AvgIpc) is 1.60. The molecule has 1 spiro atoms. The molecule has 0 bridgehead atoms. The van der Waals surface area contributed by atoms with Gasteiger partial charge in [0.05, 0.1) is 16.8 Å². The number of hydrogen-bond acceptors (Lipinski definition) is 4. The normalized spacial score (nSPS) is 13.4. The van der Waals surface area contributed by atoms with Crippen LogP contribution in [0.1, 0.15) is 106 Å². The number of rotatable bonds is 8. The Morgan fingerprint density at radius 1 is 0.440 bits per heavy atom. The molecule has 0 saturated heterocycles. The van der Waals surface area contributed by atoms with E-state index in [1.807, 2.05) is 6.92 Å². The molecule has 408 valence electrons. The molecule has 2 aromatic heterocycles. The largest absolute Gasteiger partial charge is 0.454 e. The molecule has 11 aromatic carbocycles. The molecule has 0 aliphatic heterocycles. The molecule has 0 fully saturated rings. The summed E-state index contributed by atoms with van der Waals surface area (Å²) in [7, 11) is 0. The summed E-state index contributed by atoms with van der Waals surface area (Å²) in [6.45, 7) is 24.6. The first-order chi connectivity index (χ1) is 40.6. The first kappa shape index (κ1) is 51.3. The topological polar surface area (TPSA) is 32.8 Å². The SMILES string of the molecule is C=C(C)c1oc2c(N(c3ccccc3)c3ccc4c5c(ccc4c3)-c3ccc4cc(N(c6ccccc6)c6cccc7c6oc6c(C)cccc67)ccc4c3C53c4ccc(C(C)(C)C)cc4-c4cc(C(C)(C)C)ccc43)cccc2c1/C=C\C. The molecule has 4 nitrogen and oxygen atoms in total. The molecule has 0 radical (unpaired) electrons. The number of nitrogens with zero attached hydrogens (tertiary/aromatic N) is 2. The number of fused-ring (bicyclic) bond motifs is 18. The van der Waals surface area contributed by atoms with Crippen LogP contribution in [0.2, 0.25) is 0 Å². The van der Waals surface area contributed by atoms with Gasteiger partial charge in [0, 0.05) is 44.5 Å². The Bertz CT molecular complexity index is 4860. The molecule has 0 atom stereocenters. The first-order valence-electron chi connectivity index (χ1n) is 29.5. The van der Waals surface area contributed by atoms with Crippen LogP contribution in [-0.4, -0.2) is 0 Å². The molecule has 2 aliphatic carbocycles. The zero-order chi connectivity index (χ0) is 57.6. The lowest BCUT2D eigenvalue weighted by atomic mass is 9.68. The van der Waals surface area contributed by atoms with E-state index in [1.54, 1.807) is 0 Å². The van der Waals surface area contributed by atoms with E-state index in [9.17, 15) is 0 Å². The van der Waals surface area contributed by atoms with Crippen molar-refractivity contribution in [3.63, 3.8) is 0 Å².